The minimum Gasteiger partial charge on any atom is -0.335 e. The molecule has 0 unspecified atom stereocenters. The number of nitrogens with one attached hydrogen (secondary N) is 2. The molecule has 1 fully saturated rings. The molecule has 1 aromatic rings. The first-order valence-corrected chi connectivity index (χ1v) is 10.6. The second kappa shape index (κ2) is 10.6. The molecule has 146 valence electrons. The standard InChI is InChI=1S/C23H38N2O/c1-23(2,3)19-15-17-21(18-16-19)25-22(26)24-20-13-11-9-7-5-4-6-8-10-12-14-20/h15-18,20H,4-14H2,1-3H3,(H2,24,25,26). The quantitative estimate of drug-likeness (QED) is 0.601. The smallest absolute Gasteiger partial charge is 0.319 e. The molecule has 1 saturated carbocycles. The highest BCUT2D eigenvalue weighted by Gasteiger charge is 2.15. The van der Waals surface area contributed by atoms with E-state index in [-0.39, 0.29) is 11.4 Å². The Hall–Kier alpha value is -1.51. The van der Waals surface area contributed by atoms with E-state index < -0.39 is 0 Å². The SMILES string of the molecule is CC(C)(C)c1ccc(NC(=O)NC2CCCCCCCCCCC2)cc1. The maximum atomic E-state index is 12.4. The van der Waals surface area contributed by atoms with Crippen molar-refractivity contribution in [1.82, 2.24) is 5.32 Å². The van der Waals surface area contributed by atoms with Gasteiger partial charge in [-0.25, -0.2) is 4.79 Å². The zero-order valence-corrected chi connectivity index (χ0v) is 17.1. The van der Waals surface area contributed by atoms with Gasteiger partial charge in [-0.05, 0) is 36.0 Å². The van der Waals surface area contributed by atoms with Gasteiger partial charge in [0.25, 0.3) is 0 Å². The van der Waals surface area contributed by atoms with E-state index in [9.17, 15) is 4.79 Å². The average Bonchev–Trinajstić information content (AvgIpc) is 2.57. The highest BCUT2D eigenvalue weighted by molar-refractivity contribution is 5.89. The summed E-state index contributed by atoms with van der Waals surface area (Å²) in [6, 6.07) is 8.45. The van der Waals surface area contributed by atoms with Crippen molar-refractivity contribution in [1.29, 1.82) is 0 Å². The Balaban J connectivity index is 1.83. The van der Waals surface area contributed by atoms with Crippen LogP contribution in [0.3, 0.4) is 0 Å². The van der Waals surface area contributed by atoms with Crippen molar-refractivity contribution in [3.05, 3.63) is 29.8 Å². The molecule has 2 amide bonds. The fourth-order valence-electron chi connectivity index (χ4n) is 3.71. The molecule has 3 heteroatoms. The maximum Gasteiger partial charge on any atom is 0.319 e. The van der Waals surface area contributed by atoms with Crippen LogP contribution in [0.25, 0.3) is 0 Å². The predicted octanol–water partition coefficient (Wildman–Crippen LogP) is 6.78. The Bertz CT molecular complexity index is 518. The van der Waals surface area contributed by atoms with Gasteiger partial charge in [0.1, 0.15) is 0 Å². The van der Waals surface area contributed by atoms with E-state index in [1.165, 1.54) is 63.4 Å². The number of amides is 2. The van der Waals surface area contributed by atoms with Crippen LogP contribution in [0.1, 0.15) is 97.0 Å². The van der Waals surface area contributed by atoms with Crippen LogP contribution in [0.4, 0.5) is 10.5 Å². The van der Waals surface area contributed by atoms with E-state index in [4.69, 9.17) is 0 Å². The Morgan fingerprint density at radius 3 is 1.73 bits per heavy atom. The molecule has 0 spiro atoms. The van der Waals surface area contributed by atoms with Crippen molar-refractivity contribution in [3.8, 4) is 0 Å². The molecule has 1 aliphatic carbocycles. The first-order chi connectivity index (χ1) is 12.4. The van der Waals surface area contributed by atoms with Crippen LogP contribution in [0.2, 0.25) is 0 Å². The minimum absolute atomic E-state index is 0.0643. The molecule has 1 aliphatic rings. The number of carbonyl (C=O) groups is 1. The number of urea groups is 1. The van der Waals surface area contributed by atoms with Gasteiger partial charge < -0.3 is 10.6 Å². The minimum atomic E-state index is -0.0643. The molecule has 0 saturated heterocycles. The second-order valence-corrected chi connectivity index (χ2v) is 8.88. The van der Waals surface area contributed by atoms with E-state index >= 15 is 0 Å². The largest absolute Gasteiger partial charge is 0.335 e. The average molecular weight is 359 g/mol. The van der Waals surface area contributed by atoms with E-state index in [2.05, 4.69) is 43.5 Å². The summed E-state index contributed by atoms with van der Waals surface area (Å²) in [5.41, 5.74) is 2.28. The molecule has 2 rings (SSSR count). The summed E-state index contributed by atoms with van der Waals surface area (Å²) >= 11 is 0. The van der Waals surface area contributed by atoms with Crippen LogP contribution >= 0.6 is 0 Å². The summed E-state index contributed by atoms with van der Waals surface area (Å²) < 4.78 is 0. The number of hydrogen-bond donors (Lipinski definition) is 2. The molecule has 0 heterocycles. The Morgan fingerprint density at radius 2 is 1.27 bits per heavy atom. The summed E-state index contributed by atoms with van der Waals surface area (Å²) in [5, 5.41) is 6.22. The van der Waals surface area contributed by atoms with Crippen LogP contribution in [0.5, 0.6) is 0 Å². The third-order valence-corrected chi connectivity index (χ3v) is 5.45. The van der Waals surface area contributed by atoms with E-state index in [1.54, 1.807) is 0 Å². The fraction of sp³-hybridized carbons (Fsp3) is 0.696. The van der Waals surface area contributed by atoms with Crippen LogP contribution < -0.4 is 10.6 Å². The van der Waals surface area contributed by atoms with E-state index in [0.29, 0.717) is 6.04 Å². The molecule has 0 bridgehead atoms. The Morgan fingerprint density at radius 1 is 0.808 bits per heavy atom. The van der Waals surface area contributed by atoms with Crippen molar-refractivity contribution >= 4 is 11.7 Å². The normalized spacial score (nSPS) is 18.4. The summed E-state index contributed by atoms with van der Waals surface area (Å²) in [5.74, 6) is 0. The van der Waals surface area contributed by atoms with Gasteiger partial charge in [0.15, 0.2) is 0 Å². The number of hydrogen-bond acceptors (Lipinski definition) is 1. The topological polar surface area (TPSA) is 41.1 Å². The van der Waals surface area contributed by atoms with Crippen LogP contribution in [0.15, 0.2) is 24.3 Å². The van der Waals surface area contributed by atoms with Gasteiger partial charge in [-0.2, -0.15) is 0 Å². The van der Waals surface area contributed by atoms with Gasteiger partial charge >= 0.3 is 6.03 Å². The fourth-order valence-corrected chi connectivity index (χ4v) is 3.71. The van der Waals surface area contributed by atoms with Gasteiger partial charge in [-0.15, -0.1) is 0 Å². The van der Waals surface area contributed by atoms with Crippen molar-refractivity contribution in [3.63, 3.8) is 0 Å². The summed E-state index contributed by atoms with van der Waals surface area (Å²) in [6.07, 6.45) is 14.1. The van der Waals surface area contributed by atoms with Gasteiger partial charge in [0.2, 0.25) is 0 Å². The Kier molecular flexibility index (Phi) is 8.47. The summed E-state index contributed by atoms with van der Waals surface area (Å²) in [6.45, 7) is 6.60. The first-order valence-electron chi connectivity index (χ1n) is 10.6. The lowest BCUT2D eigenvalue weighted by Gasteiger charge is -2.21. The van der Waals surface area contributed by atoms with E-state index in [1.807, 2.05) is 12.1 Å². The van der Waals surface area contributed by atoms with Crippen LogP contribution in [0, 0.1) is 0 Å². The maximum absolute atomic E-state index is 12.4. The zero-order valence-electron chi connectivity index (χ0n) is 17.1. The zero-order chi connectivity index (χ0) is 18.8. The highest BCUT2D eigenvalue weighted by atomic mass is 16.2. The molecule has 26 heavy (non-hydrogen) atoms. The van der Waals surface area contributed by atoms with Crippen LogP contribution in [-0.2, 0) is 5.41 Å². The van der Waals surface area contributed by atoms with E-state index in [0.717, 1.165) is 18.5 Å². The molecule has 0 atom stereocenters. The number of benzene rings is 1. The Labute approximate surface area is 160 Å². The summed E-state index contributed by atoms with van der Waals surface area (Å²) in [7, 11) is 0. The van der Waals surface area contributed by atoms with Crippen molar-refractivity contribution in [2.24, 2.45) is 0 Å². The van der Waals surface area contributed by atoms with Crippen molar-refractivity contribution in [2.75, 3.05) is 5.32 Å². The van der Waals surface area contributed by atoms with Crippen LogP contribution in [-0.4, -0.2) is 12.1 Å². The highest BCUT2D eigenvalue weighted by Crippen LogP contribution is 2.23. The second-order valence-electron chi connectivity index (χ2n) is 8.88. The monoisotopic (exact) mass is 358 g/mol. The molecular formula is C23H38N2O. The number of rotatable bonds is 2. The van der Waals surface area contributed by atoms with Crippen molar-refractivity contribution < 1.29 is 4.79 Å². The molecule has 0 aromatic heterocycles. The molecule has 0 aliphatic heterocycles. The van der Waals surface area contributed by atoms with Gasteiger partial charge in [-0.3, -0.25) is 0 Å². The van der Waals surface area contributed by atoms with Gasteiger partial charge in [0.05, 0.1) is 0 Å². The molecule has 0 radical (unpaired) electrons. The molecule has 1 aromatic carbocycles. The van der Waals surface area contributed by atoms with Gasteiger partial charge in [0, 0.05) is 11.7 Å². The predicted molar refractivity (Wildman–Crippen MR) is 112 cm³/mol. The first kappa shape index (κ1) is 20.8. The van der Waals surface area contributed by atoms with Crippen molar-refractivity contribution in [2.45, 2.75) is 103 Å². The molecule has 3 nitrogen and oxygen atoms in total. The number of carbonyl (C=O) groups excluding carboxylic acids is 1. The molecule has 2 N–H and O–H groups in total. The lowest BCUT2D eigenvalue weighted by atomic mass is 9.87. The summed E-state index contributed by atoms with van der Waals surface area (Å²) in [4.78, 5) is 12.4. The molecular weight excluding hydrogens is 320 g/mol. The lowest BCUT2D eigenvalue weighted by molar-refractivity contribution is 0.246. The number of anilines is 1. The third kappa shape index (κ3) is 7.80. The van der Waals surface area contributed by atoms with Gasteiger partial charge in [-0.1, -0.05) is 90.7 Å². The third-order valence-electron chi connectivity index (χ3n) is 5.45. The lowest BCUT2D eigenvalue weighted by Crippen LogP contribution is -2.38.